The quantitative estimate of drug-likeness (QED) is 0.606. The lowest BCUT2D eigenvalue weighted by Crippen LogP contribution is -2.44. The molecule has 0 spiro atoms. The first-order chi connectivity index (χ1) is 9.20. The molecule has 0 radical (unpaired) electrons. The van der Waals surface area contributed by atoms with Gasteiger partial charge in [-0.2, -0.15) is 0 Å². The highest BCUT2D eigenvalue weighted by molar-refractivity contribution is 5.97. The van der Waals surface area contributed by atoms with E-state index >= 15 is 0 Å². The van der Waals surface area contributed by atoms with E-state index in [4.69, 9.17) is 10.5 Å². The highest BCUT2D eigenvalue weighted by atomic mass is 16.5. The van der Waals surface area contributed by atoms with E-state index in [1.54, 1.807) is 25.3 Å². The van der Waals surface area contributed by atoms with Gasteiger partial charge in [0.15, 0.2) is 5.78 Å². The van der Waals surface area contributed by atoms with Crippen LogP contribution in [0.3, 0.4) is 0 Å². The van der Waals surface area contributed by atoms with Crippen molar-refractivity contribution in [3.8, 4) is 5.75 Å². The molecule has 3 N–H and O–H groups in total. The van der Waals surface area contributed by atoms with Crippen LogP contribution < -0.4 is 15.8 Å². The van der Waals surface area contributed by atoms with Crippen molar-refractivity contribution in [1.29, 1.82) is 0 Å². The van der Waals surface area contributed by atoms with Crippen molar-refractivity contribution in [3.05, 3.63) is 23.8 Å². The first-order valence-electron chi connectivity index (χ1n) is 6.60. The predicted molar refractivity (Wildman–Crippen MR) is 75.7 cm³/mol. The van der Waals surface area contributed by atoms with Crippen molar-refractivity contribution in [3.63, 3.8) is 0 Å². The Labute approximate surface area is 113 Å². The number of ketones is 1. The molecular formula is C14H21N3O2. The Morgan fingerprint density at radius 1 is 1.42 bits per heavy atom. The van der Waals surface area contributed by atoms with E-state index in [1.165, 1.54) is 0 Å². The molecule has 0 unspecified atom stereocenters. The minimum atomic E-state index is 0.132. The fourth-order valence-corrected chi connectivity index (χ4v) is 2.25. The first-order valence-corrected chi connectivity index (χ1v) is 6.60. The zero-order valence-electron chi connectivity index (χ0n) is 11.3. The summed E-state index contributed by atoms with van der Waals surface area (Å²) in [7, 11) is 1.57. The van der Waals surface area contributed by atoms with Crippen LogP contribution in [0.5, 0.6) is 5.75 Å². The number of hydrogen-bond donors (Lipinski definition) is 2. The highest BCUT2D eigenvalue weighted by Gasteiger charge is 2.13. The van der Waals surface area contributed by atoms with Gasteiger partial charge in [0.25, 0.3) is 0 Å². The second-order valence-corrected chi connectivity index (χ2v) is 4.72. The topological polar surface area (TPSA) is 67.6 Å². The summed E-state index contributed by atoms with van der Waals surface area (Å²) < 4.78 is 5.08. The standard InChI is InChI=1S/C14H21N3O2/c1-19-14-3-2-11(10-12(14)15)13(18)4-7-17-8-5-16-6-9-17/h2-3,10,16H,4-9,15H2,1H3. The van der Waals surface area contributed by atoms with Crippen LogP contribution in [0, 0.1) is 0 Å². The molecule has 2 rings (SSSR count). The summed E-state index contributed by atoms with van der Waals surface area (Å²) in [4.78, 5) is 14.4. The summed E-state index contributed by atoms with van der Waals surface area (Å²) in [6, 6.07) is 5.21. The zero-order valence-corrected chi connectivity index (χ0v) is 11.3. The number of methoxy groups -OCH3 is 1. The summed E-state index contributed by atoms with van der Waals surface area (Å²) in [5, 5.41) is 3.30. The number of benzene rings is 1. The predicted octanol–water partition coefficient (Wildman–Crippen LogP) is 0.755. The number of carbonyl (C=O) groups is 1. The SMILES string of the molecule is COc1ccc(C(=O)CCN2CCNCC2)cc1N. The monoisotopic (exact) mass is 263 g/mol. The largest absolute Gasteiger partial charge is 0.495 e. The van der Waals surface area contributed by atoms with Crippen molar-refractivity contribution in [1.82, 2.24) is 10.2 Å². The van der Waals surface area contributed by atoms with Crippen LogP contribution in [0.4, 0.5) is 5.69 Å². The maximum Gasteiger partial charge on any atom is 0.164 e. The van der Waals surface area contributed by atoms with Gasteiger partial charge >= 0.3 is 0 Å². The van der Waals surface area contributed by atoms with Crippen molar-refractivity contribution in [2.75, 3.05) is 45.6 Å². The van der Waals surface area contributed by atoms with Crippen LogP contribution in [-0.4, -0.2) is 50.5 Å². The Morgan fingerprint density at radius 3 is 2.79 bits per heavy atom. The minimum absolute atomic E-state index is 0.132. The van der Waals surface area contributed by atoms with Crippen molar-refractivity contribution < 1.29 is 9.53 Å². The number of nitrogens with two attached hydrogens (primary N) is 1. The molecule has 1 aromatic rings. The smallest absolute Gasteiger partial charge is 0.164 e. The average Bonchev–Trinajstić information content (AvgIpc) is 2.45. The van der Waals surface area contributed by atoms with Gasteiger partial charge in [0, 0.05) is 44.7 Å². The van der Waals surface area contributed by atoms with Crippen LogP contribution in [0.15, 0.2) is 18.2 Å². The lowest BCUT2D eigenvalue weighted by Gasteiger charge is -2.26. The molecule has 5 nitrogen and oxygen atoms in total. The lowest BCUT2D eigenvalue weighted by molar-refractivity contribution is 0.0960. The number of hydrogen-bond acceptors (Lipinski definition) is 5. The highest BCUT2D eigenvalue weighted by Crippen LogP contribution is 2.22. The molecule has 0 amide bonds. The van der Waals surface area contributed by atoms with Gasteiger partial charge in [0.2, 0.25) is 0 Å². The third-order valence-electron chi connectivity index (χ3n) is 3.42. The number of nitrogens with zero attached hydrogens (tertiary/aromatic N) is 1. The van der Waals surface area contributed by atoms with Crippen molar-refractivity contribution in [2.45, 2.75) is 6.42 Å². The third kappa shape index (κ3) is 3.68. The van der Waals surface area contributed by atoms with Gasteiger partial charge in [0.05, 0.1) is 12.8 Å². The van der Waals surface area contributed by atoms with E-state index in [0.717, 1.165) is 32.7 Å². The van der Waals surface area contributed by atoms with Crippen LogP contribution in [0.2, 0.25) is 0 Å². The fourth-order valence-electron chi connectivity index (χ4n) is 2.25. The molecule has 0 saturated carbocycles. The molecule has 1 fully saturated rings. The van der Waals surface area contributed by atoms with E-state index in [-0.39, 0.29) is 5.78 Å². The molecule has 1 aliphatic rings. The summed E-state index contributed by atoms with van der Waals surface area (Å²) in [6.07, 6.45) is 0.534. The van der Waals surface area contributed by atoms with Gasteiger partial charge in [-0.1, -0.05) is 0 Å². The molecule has 0 aliphatic carbocycles. The number of Topliss-reactive ketones (excluding diaryl/α,β-unsaturated/α-hetero) is 1. The molecule has 0 atom stereocenters. The Morgan fingerprint density at radius 2 is 2.16 bits per heavy atom. The number of ether oxygens (including phenoxy) is 1. The normalized spacial score (nSPS) is 16.3. The summed E-state index contributed by atoms with van der Waals surface area (Å²) in [5.74, 6) is 0.742. The van der Waals surface area contributed by atoms with E-state index in [1.807, 2.05) is 0 Å². The van der Waals surface area contributed by atoms with E-state index in [9.17, 15) is 4.79 Å². The summed E-state index contributed by atoms with van der Waals surface area (Å²) in [5.41, 5.74) is 6.98. The second kappa shape index (κ2) is 6.54. The second-order valence-electron chi connectivity index (χ2n) is 4.72. The van der Waals surface area contributed by atoms with Crippen LogP contribution in [0.25, 0.3) is 0 Å². The number of piperazine rings is 1. The molecule has 19 heavy (non-hydrogen) atoms. The van der Waals surface area contributed by atoms with E-state index in [2.05, 4.69) is 10.2 Å². The Balaban J connectivity index is 1.90. The van der Waals surface area contributed by atoms with Gasteiger partial charge < -0.3 is 20.7 Å². The van der Waals surface area contributed by atoms with Crippen molar-refractivity contribution in [2.24, 2.45) is 0 Å². The molecule has 1 heterocycles. The summed E-state index contributed by atoms with van der Waals surface area (Å²) >= 11 is 0. The van der Waals surface area contributed by atoms with Gasteiger partial charge in [-0.05, 0) is 18.2 Å². The summed E-state index contributed by atoms with van der Waals surface area (Å²) in [6.45, 7) is 4.84. The Kier molecular flexibility index (Phi) is 4.76. The maximum absolute atomic E-state index is 12.1. The first kappa shape index (κ1) is 13.8. The molecule has 1 saturated heterocycles. The molecule has 0 aromatic heterocycles. The molecular weight excluding hydrogens is 242 g/mol. The Hall–Kier alpha value is -1.59. The average molecular weight is 263 g/mol. The number of anilines is 1. The van der Waals surface area contributed by atoms with E-state index in [0.29, 0.717) is 23.4 Å². The molecule has 5 heteroatoms. The molecule has 0 bridgehead atoms. The van der Waals surface area contributed by atoms with Crippen LogP contribution in [0.1, 0.15) is 16.8 Å². The van der Waals surface area contributed by atoms with Gasteiger partial charge in [-0.25, -0.2) is 0 Å². The number of nitrogens with one attached hydrogen (secondary N) is 1. The van der Waals surface area contributed by atoms with E-state index < -0.39 is 0 Å². The van der Waals surface area contributed by atoms with Crippen molar-refractivity contribution >= 4 is 11.5 Å². The van der Waals surface area contributed by atoms with Gasteiger partial charge in [-0.3, -0.25) is 4.79 Å². The van der Waals surface area contributed by atoms with Crippen LogP contribution >= 0.6 is 0 Å². The number of rotatable bonds is 5. The third-order valence-corrected chi connectivity index (χ3v) is 3.42. The lowest BCUT2D eigenvalue weighted by atomic mass is 10.1. The molecule has 1 aromatic carbocycles. The fraction of sp³-hybridized carbons (Fsp3) is 0.500. The molecule has 104 valence electrons. The maximum atomic E-state index is 12.1. The van der Waals surface area contributed by atoms with Gasteiger partial charge in [-0.15, -0.1) is 0 Å². The molecule has 1 aliphatic heterocycles. The zero-order chi connectivity index (χ0) is 13.7. The minimum Gasteiger partial charge on any atom is -0.495 e. The number of carbonyl (C=O) groups excluding carboxylic acids is 1. The number of nitrogen functional groups attached to an aromatic ring is 1. The Bertz CT molecular complexity index is 442. The van der Waals surface area contributed by atoms with Crippen LogP contribution in [-0.2, 0) is 0 Å². The van der Waals surface area contributed by atoms with Gasteiger partial charge in [0.1, 0.15) is 5.75 Å².